The first-order valence-electron chi connectivity index (χ1n) is 9.92. The second kappa shape index (κ2) is 9.64. The van der Waals surface area contributed by atoms with Crippen LogP contribution in [0.2, 0.25) is 5.02 Å². The first-order chi connectivity index (χ1) is 16.5. The van der Waals surface area contributed by atoms with Crippen molar-refractivity contribution in [2.45, 2.75) is 25.4 Å². The van der Waals surface area contributed by atoms with Crippen LogP contribution in [-0.4, -0.2) is 51.7 Å². The lowest BCUT2D eigenvalue weighted by Gasteiger charge is -2.15. The molecule has 0 bridgehead atoms. The summed E-state index contributed by atoms with van der Waals surface area (Å²) in [6.45, 7) is -1.36. The monoisotopic (exact) mass is 526 g/mol. The molecule has 1 atom stereocenters. The highest BCUT2D eigenvalue weighted by Gasteiger charge is 2.39. The quantitative estimate of drug-likeness (QED) is 0.370. The van der Waals surface area contributed by atoms with Crippen molar-refractivity contribution in [3.63, 3.8) is 0 Å². The van der Waals surface area contributed by atoms with Crippen LogP contribution in [0.15, 0.2) is 59.7 Å². The Hall–Kier alpha value is -3.48. The van der Waals surface area contributed by atoms with E-state index < -0.39 is 29.8 Å². The molecule has 2 aromatic carbocycles. The number of carbonyl (C=O) groups excluding carboxylic acids is 1. The summed E-state index contributed by atoms with van der Waals surface area (Å²) in [4.78, 5) is 28.7. The van der Waals surface area contributed by atoms with E-state index in [2.05, 4.69) is 15.2 Å². The van der Waals surface area contributed by atoms with E-state index >= 15 is 0 Å². The zero-order valence-electron chi connectivity index (χ0n) is 17.5. The summed E-state index contributed by atoms with van der Waals surface area (Å²) in [5, 5.41) is 17.6. The fourth-order valence-electron chi connectivity index (χ4n) is 3.26. The summed E-state index contributed by atoms with van der Waals surface area (Å²) in [6.07, 6.45) is -6.43. The third-order valence-electron chi connectivity index (χ3n) is 4.95. The number of aromatic nitrogens is 6. The zero-order valence-corrected chi connectivity index (χ0v) is 19.0. The van der Waals surface area contributed by atoms with Crippen LogP contribution in [0.4, 0.5) is 13.2 Å². The molecule has 0 saturated carbocycles. The van der Waals surface area contributed by atoms with E-state index in [0.29, 0.717) is 16.3 Å². The van der Waals surface area contributed by atoms with Gasteiger partial charge >= 0.3 is 11.9 Å². The maximum atomic E-state index is 13.0. The second-order valence-corrected chi connectivity index (χ2v) is 8.11. The standard InChI is InChI=1S/C21H15Cl2F3N6O3/c22-13-7-5-12(6-8-13)19-29-31(20(35)30(19)9-16(33)21(24,25)26)10-17-27-11-32(28-17)15-4-2-1-3-14(15)18(23)34/h1-8,11,16,33H,9-10H2. The lowest BCUT2D eigenvalue weighted by atomic mass is 10.2. The smallest absolute Gasteiger partial charge is 0.382 e. The third-order valence-corrected chi connectivity index (χ3v) is 5.41. The van der Waals surface area contributed by atoms with Crippen LogP contribution in [0.5, 0.6) is 0 Å². The van der Waals surface area contributed by atoms with Gasteiger partial charge in [-0.15, -0.1) is 10.2 Å². The number of aliphatic hydroxyl groups excluding tert-OH is 1. The Bertz CT molecular complexity index is 1430. The molecule has 0 aliphatic carbocycles. The van der Waals surface area contributed by atoms with Crippen LogP contribution in [0.3, 0.4) is 0 Å². The first kappa shape index (κ1) is 24.6. The van der Waals surface area contributed by atoms with Gasteiger partial charge in [0.25, 0.3) is 5.24 Å². The Balaban J connectivity index is 1.71. The maximum Gasteiger partial charge on any atom is 0.416 e. The van der Waals surface area contributed by atoms with E-state index in [1.807, 2.05) is 0 Å². The van der Waals surface area contributed by atoms with Crippen molar-refractivity contribution >= 4 is 28.4 Å². The number of alkyl halides is 3. The lowest BCUT2D eigenvalue weighted by molar-refractivity contribution is -0.207. The van der Waals surface area contributed by atoms with Crippen molar-refractivity contribution in [1.82, 2.24) is 29.1 Å². The van der Waals surface area contributed by atoms with Crippen LogP contribution < -0.4 is 5.69 Å². The predicted molar refractivity (Wildman–Crippen MR) is 120 cm³/mol. The molecule has 0 saturated heterocycles. The predicted octanol–water partition coefficient (Wildman–Crippen LogP) is 3.30. The third kappa shape index (κ3) is 5.29. The summed E-state index contributed by atoms with van der Waals surface area (Å²) < 4.78 is 41.9. The minimum Gasteiger partial charge on any atom is -0.382 e. The lowest BCUT2D eigenvalue weighted by Crippen LogP contribution is -2.37. The van der Waals surface area contributed by atoms with E-state index in [4.69, 9.17) is 23.2 Å². The average Bonchev–Trinajstić information content (AvgIpc) is 3.39. The van der Waals surface area contributed by atoms with Gasteiger partial charge in [-0.1, -0.05) is 23.7 Å². The van der Waals surface area contributed by atoms with Gasteiger partial charge in [0.1, 0.15) is 12.9 Å². The normalized spacial score (nSPS) is 12.6. The van der Waals surface area contributed by atoms with Gasteiger partial charge in [0, 0.05) is 10.6 Å². The molecule has 1 unspecified atom stereocenters. The summed E-state index contributed by atoms with van der Waals surface area (Å²) in [5.74, 6) is -0.0138. The molecule has 9 nitrogen and oxygen atoms in total. The molecule has 1 N–H and O–H groups in total. The molecule has 182 valence electrons. The SMILES string of the molecule is O=C(Cl)c1ccccc1-n1cnc(Cn2nc(-c3ccc(Cl)cc3)n(CC(O)C(F)(F)F)c2=O)n1. The minimum absolute atomic E-state index is 0.0904. The van der Waals surface area contributed by atoms with Gasteiger partial charge in [-0.2, -0.15) is 13.2 Å². The summed E-state index contributed by atoms with van der Waals surface area (Å²) in [6, 6.07) is 12.3. The summed E-state index contributed by atoms with van der Waals surface area (Å²) in [7, 11) is 0. The Morgan fingerprint density at radius 1 is 1.09 bits per heavy atom. The van der Waals surface area contributed by atoms with Crippen LogP contribution in [0.1, 0.15) is 16.2 Å². The molecule has 35 heavy (non-hydrogen) atoms. The topological polar surface area (TPSA) is 108 Å². The molecule has 0 aliphatic heterocycles. The van der Waals surface area contributed by atoms with Gasteiger partial charge in [-0.25, -0.2) is 19.1 Å². The molecule has 0 spiro atoms. The van der Waals surface area contributed by atoms with Gasteiger partial charge < -0.3 is 5.11 Å². The highest BCUT2D eigenvalue weighted by atomic mass is 35.5. The fourth-order valence-corrected chi connectivity index (χ4v) is 3.54. The number of aliphatic hydroxyl groups is 1. The van der Waals surface area contributed by atoms with Crippen LogP contribution in [-0.2, 0) is 13.1 Å². The number of rotatable bonds is 7. The fraction of sp³-hybridized carbons (Fsp3) is 0.190. The Morgan fingerprint density at radius 2 is 1.77 bits per heavy atom. The van der Waals surface area contributed by atoms with E-state index in [9.17, 15) is 27.9 Å². The molecule has 0 radical (unpaired) electrons. The molecule has 4 rings (SSSR count). The van der Waals surface area contributed by atoms with Gasteiger partial charge in [-0.3, -0.25) is 9.36 Å². The molecular weight excluding hydrogens is 512 g/mol. The number of nitrogens with zero attached hydrogens (tertiary/aromatic N) is 6. The van der Waals surface area contributed by atoms with Crippen molar-refractivity contribution in [3.8, 4) is 17.1 Å². The number of hydrogen-bond acceptors (Lipinski definition) is 6. The van der Waals surface area contributed by atoms with Gasteiger partial charge in [0.2, 0.25) is 0 Å². The Labute approximate surface area is 205 Å². The molecule has 4 aromatic rings. The average molecular weight is 527 g/mol. The summed E-state index contributed by atoms with van der Waals surface area (Å²) in [5.41, 5.74) is -0.0731. The van der Waals surface area contributed by atoms with E-state index in [0.717, 1.165) is 9.25 Å². The Morgan fingerprint density at radius 3 is 2.43 bits per heavy atom. The number of para-hydroxylation sites is 1. The molecule has 0 fully saturated rings. The van der Waals surface area contributed by atoms with Crippen molar-refractivity contribution < 1.29 is 23.1 Å². The minimum atomic E-state index is -4.94. The van der Waals surface area contributed by atoms with Gasteiger partial charge in [0.05, 0.1) is 17.8 Å². The molecule has 2 heterocycles. The number of hydrogen-bond donors (Lipinski definition) is 1. The molecule has 0 amide bonds. The van der Waals surface area contributed by atoms with Crippen molar-refractivity contribution in [3.05, 3.63) is 81.8 Å². The van der Waals surface area contributed by atoms with Gasteiger partial charge in [0.15, 0.2) is 17.8 Å². The molecule has 14 heteroatoms. The number of benzene rings is 2. The van der Waals surface area contributed by atoms with E-state index in [1.165, 1.54) is 41.3 Å². The summed E-state index contributed by atoms with van der Waals surface area (Å²) >= 11 is 11.5. The largest absolute Gasteiger partial charge is 0.416 e. The van der Waals surface area contributed by atoms with Crippen molar-refractivity contribution in [1.29, 1.82) is 0 Å². The molecular formula is C21H15Cl2F3N6O3. The van der Waals surface area contributed by atoms with Crippen LogP contribution >= 0.6 is 23.2 Å². The molecule has 0 aliphatic rings. The number of halogens is 5. The highest BCUT2D eigenvalue weighted by molar-refractivity contribution is 6.68. The maximum absolute atomic E-state index is 13.0. The van der Waals surface area contributed by atoms with E-state index in [1.54, 1.807) is 18.2 Å². The first-order valence-corrected chi connectivity index (χ1v) is 10.7. The van der Waals surface area contributed by atoms with Crippen molar-refractivity contribution in [2.75, 3.05) is 0 Å². The van der Waals surface area contributed by atoms with E-state index in [-0.39, 0.29) is 23.8 Å². The second-order valence-electron chi connectivity index (χ2n) is 7.33. The van der Waals surface area contributed by atoms with Crippen LogP contribution in [0, 0.1) is 0 Å². The van der Waals surface area contributed by atoms with Gasteiger partial charge in [-0.05, 0) is 48.0 Å². The highest BCUT2D eigenvalue weighted by Crippen LogP contribution is 2.24. The molecule has 2 aromatic heterocycles. The number of carbonyl (C=O) groups is 1. The van der Waals surface area contributed by atoms with Crippen LogP contribution in [0.25, 0.3) is 17.1 Å². The Kier molecular flexibility index (Phi) is 6.79. The van der Waals surface area contributed by atoms with Crippen molar-refractivity contribution in [2.24, 2.45) is 0 Å². The zero-order chi connectivity index (χ0) is 25.3.